The van der Waals surface area contributed by atoms with E-state index in [1.165, 1.54) is 18.3 Å². The maximum Gasteiger partial charge on any atom is 0.389 e. The number of alkyl halides is 3. The van der Waals surface area contributed by atoms with E-state index in [9.17, 15) is 22.8 Å². The van der Waals surface area contributed by atoms with Crippen LogP contribution in [0.5, 0.6) is 0 Å². The Labute approximate surface area is 166 Å². The van der Waals surface area contributed by atoms with Gasteiger partial charge in [0.25, 0.3) is 0 Å². The van der Waals surface area contributed by atoms with Gasteiger partial charge in [-0.2, -0.15) is 18.2 Å². The summed E-state index contributed by atoms with van der Waals surface area (Å²) < 4.78 is 50.0. The van der Waals surface area contributed by atoms with Crippen LogP contribution in [0.1, 0.15) is 18.4 Å². The average Bonchev–Trinajstić information content (AvgIpc) is 3.08. The van der Waals surface area contributed by atoms with E-state index in [0.29, 0.717) is 16.8 Å². The van der Waals surface area contributed by atoms with Crippen molar-refractivity contribution in [2.45, 2.75) is 19.0 Å². The molecule has 4 N–H and O–H groups in total. The highest BCUT2D eigenvalue weighted by atomic mass is 35.5. The molecule has 0 aliphatic rings. The third-order valence-corrected chi connectivity index (χ3v) is 4.15. The summed E-state index contributed by atoms with van der Waals surface area (Å²) >= 11 is 5.75. The summed E-state index contributed by atoms with van der Waals surface area (Å²) in [6.07, 6.45) is -3.81. The SMILES string of the molecule is O/N=C(\Nc1ccc(F)c(Cl)c1)c1ccnc2nc(NCCCC(F)(F)F)[nH]c12. The summed E-state index contributed by atoms with van der Waals surface area (Å²) in [6, 6.07) is 5.43. The maximum absolute atomic E-state index is 13.3. The first-order valence-corrected chi connectivity index (χ1v) is 8.74. The molecule has 154 valence electrons. The Balaban J connectivity index is 1.79. The van der Waals surface area contributed by atoms with Crippen molar-refractivity contribution in [3.05, 3.63) is 46.9 Å². The Morgan fingerprint density at radius 2 is 2.07 bits per heavy atom. The number of rotatable bonds is 6. The predicted octanol–water partition coefficient (Wildman–Crippen LogP) is 4.75. The first kappa shape index (κ1) is 20.6. The molecule has 3 rings (SSSR count). The van der Waals surface area contributed by atoms with Gasteiger partial charge in [0.15, 0.2) is 11.5 Å². The lowest BCUT2D eigenvalue weighted by molar-refractivity contribution is -0.134. The van der Waals surface area contributed by atoms with Gasteiger partial charge < -0.3 is 20.8 Å². The smallest absolute Gasteiger partial charge is 0.389 e. The zero-order valence-electron chi connectivity index (χ0n) is 14.7. The van der Waals surface area contributed by atoms with Gasteiger partial charge in [-0.05, 0) is 30.7 Å². The molecule has 7 nitrogen and oxygen atoms in total. The van der Waals surface area contributed by atoms with E-state index >= 15 is 0 Å². The van der Waals surface area contributed by atoms with Crippen LogP contribution in [0.25, 0.3) is 11.2 Å². The number of pyridine rings is 1. The van der Waals surface area contributed by atoms with Crippen molar-refractivity contribution >= 4 is 40.2 Å². The molecule has 0 aliphatic heterocycles. The Morgan fingerprint density at radius 3 is 2.76 bits per heavy atom. The van der Waals surface area contributed by atoms with Crippen LogP contribution in [-0.2, 0) is 0 Å². The number of hydrogen-bond acceptors (Lipinski definition) is 5. The number of oxime groups is 1. The highest BCUT2D eigenvalue weighted by molar-refractivity contribution is 6.31. The molecule has 0 fully saturated rings. The summed E-state index contributed by atoms with van der Waals surface area (Å²) in [5.41, 5.74) is 1.41. The van der Waals surface area contributed by atoms with Gasteiger partial charge in [-0.25, -0.2) is 9.37 Å². The number of benzene rings is 1. The molecule has 0 amide bonds. The summed E-state index contributed by atoms with van der Waals surface area (Å²) in [5.74, 6) is -0.364. The molecule has 0 saturated carbocycles. The van der Waals surface area contributed by atoms with Gasteiger partial charge in [-0.15, -0.1) is 0 Å². The van der Waals surface area contributed by atoms with Crippen LogP contribution in [0.2, 0.25) is 5.02 Å². The number of nitrogens with zero attached hydrogens (tertiary/aromatic N) is 3. The van der Waals surface area contributed by atoms with Crippen LogP contribution in [0.4, 0.5) is 29.2 Å². The number of aromatic nitrogens is 3. The minimum absolute atomic E-state index is 0.00680. The zero-order chi connectivity index (χ0) is 21.0. The number of aromatic amines is 1. The number of amidine groups is 1. The molecule has 0 radical (unpaired) electrons. The molecule has 3 aromatic rings. The number of halogens is 5. The molecule has 2 heterocycles. The van der Waals surface area contributed by atoms with Gasteiger partial charge >= 0.3 is 6.18 Å². The summed E-state index contributed by atoms with van der Waals surface area (Å²) in [6.45, 7) is 0.0575. The van der Waals surface area contributed by atoms with Crippen molar-refractivity contribution in [3.63, 3.8) is 0 Å². The quantitative estimate of drug-likeness (QED) is 0.113. The second kappa shape index (κ2) is 8.52. The van der Waals surface area contributed by atoms with Gasteiger partial charge in [-0.1, -0.05) is 16.8 Å². The Morgan fingerprint density at radius 1 is 1.28 bits per heavy atom. The van der Waals surface area contributed by atoms with E-state index in [-0.39, 0.29) is 35.4 Å². The van der Waals surface area contributed by atoms with Crippen molar-refractivity contribution in [2.75, 3.05) is 17.2 Å². The number of H-pyrrole nitrogens is 1. The molecule has 0 bridgehead atoms. The normalized spacial score (nSPS) is 12.4. The number of hydrogen-bond donors (Lipinski definition) is 4. The first-order valence-electron chi connectivity index (χ1n) is 8.36. The highest BCUT2D eigenvalue weighted by Gasteiger charge is 2.26. The average molecular weight is 431 g/mol. The zero-order valence-corrected chi connectivity index (χ0v) is 15.4. The van der Waals surface area contributed by atoms with Crippen LogP contribution in [0.3, 0.4) is 0 Å². The van der Waals surface area contributed by atoms with E-state index in [4.69, 9.17) is 11.6 Å². The third-order valence-electron chi connectivity index (χ3n) is 3.86. The maximum atomic E-state index is 13.3. The highest BCUT2D eigenvalue weighted by Crippen LogP contribution is 2.23. The van der Waals surface area contributed by atoms with Crippen LogP contribution >= 0.6 is 11.6 Å². The third kappa shape index (κ3) is 5.25. The topological polar surface area (TPSA) is 98.2 Å². The fourth-order valence-electron chi connectivity index (χ4n) is 2.54. The van der Waals surface area contributed by atoms with Crippen molar-refractivity contribution < 1.29 is 22.8 Å². The van der Waals surface area contributed by atoms with Crippen molar-refractivity contribution in [1.82, 2.24) is 15.0 Å². The molecule has 1 aromatic carbocycles. The van der Waals surface area contributed by atoms with E-state index in [0.717, 1.165) is 6.07 Å². The molecule has 0 atom stereocenters. The largest absolute Gasteiger partial charge is 0.409 e. The standard InChI is InChI=1S/C17H15ClF4N6O/c18-11-8-9(2-3-12(11)19)25-14(28-29)10-4-7-23-15-13(10)26-16(27-15)24-6-1-5-17(20,21)22/h2-4,7-8,29H,1,5-6H2,(H,25,28)(H2,23,24,26,27). The Kier molecular flexibility index (Phi) is 6.06. The minimum Gasteiger partial charge on any atom is -0.409 e. The fourth-order valence-corrected chi connectivity index (χ4v) is 2.73. The molecule has 0 spiro atoms. The second-order valence-electron chi connectivity index (χ2n) is 5.99. The van der Waals surface area contributed by atoms with Crippen molar-refractivity contribution in [2.24, 2.45) is 5.16 Å². The summed E-state index contributed by atoms with van der Waals surface area (Å²) in [5, 5.41) is 18.1. The van der Waals surface area contributed by atoms with E-state index in [1.807, 2.05) is 0 Å². The van der Waals surface area contributed by atoms with Crippen LogP contribution < -0.4 is 10.6 Å². The lowest BCUT2D eigenvalue weighted by Crippen LogP contribution is -2.14. The van der Waals surface area contributed by atoms with Gasteiger partial charge in [0.1, 0.15) is 5.82 Å². The number of imidazole rings is 1. The molecule has 29 heavy (non-hydrogen) atoms. The molecule has 0 unspecified atom stereocenters. The van der Waals surface area contributed by atoms with Crippen molar-refractivity contribution in [3.8, 4) is 0 Å². The van der Waals surface area contributed by atoms with Crippen LogP contribution in [-0.4, -0.2) is 38.7 Å². The first-order chi connectivity index (χ1) is 13.8. The minimum atomic E-state index is -4.22. The second-order valence-corrected chi connectivity index (χ2v) is 6.40. The lowest BCUT2D eigenvalue weighted by atomic mass is 10.2. The van der Waals surface area contributed by atoms with Gasteiger partial charge in [0.05, 0.1) is 10.5 Å². The Bertz CT molecular complexity index is 1040. The monoisotopic (exact) mass is 430 g/mol. The summed E-state index contributed by atoms with van der Waals surface area (Å²) in [4.78, 5) is 11.1. The number of nitrogens with one attached hydrogen (secondary N) is 3. The van der Waals surface area contributed by atoms with E-state index < -0.39 is 18.4 Å². The molecule has 0 aliphatic carbocycles. The lowest BCUT2D eigenvalue weighted by Gasteiger charge is -2.09. The molecular weight excluding hydrogens is 416 g/mol. The van der Waals surface area contributed by atoms with Crippen molar-refractivity contribution in [1.29, 1.82) is 0 Å². The van der Waals surface area contributed by atoms with Crippen LogP contribution in [0.15, 0.2) is 35.6 Å². The van der Waals surface area contributed by atoms with Gasteiger partial charge in [0.2, 0.25) is 5.95 Å². The fraction of sp³-hybridized carbons (Fsp3) is 0.235. The van der Waals surface area contributed by atoms with Gasteiger partial charge in [0, 0.05) is 30.4 Å². The van der Waals surface area contributed by atoms with E-state index in [2.05, 4.69) is 30.7 Å². The molecule has 2 aromatic heterocycles. The van der Waals surface area contributed by atoms with Crippen LogP contribution in [0, 0.1) is 5.82 Å². The molecule has 0 saturated heterocycles. The van der Waals surface area contributed by atoms with E-state index in [1.54, 1.807) is 6.07 Å². The number of anilines is 2. The van der Waals surface area contributed by atoms with Gasteiger partial charge in [-0.3, -0.25) is 0 Å². The summed E-state index contributed by atoms with van der Waals surface area (Å²) in [7, 11) is 0. The molecule has 12 heteroatoms. The predicted molar refractivity (Wildman–Crippen MR) is 101 cm³/mol. The number of fused-ring (bicyclic) bond motifs is 1. The Hall–Kier alpha value is -3.08. The molecular formula is C17H15ClF4N6O.